The maximum atomic E-state index is 10.8. The molecule has 1 heterocycles. The molecule has 78 valence electrons. The zero-order valence-corrected chi connectivity index (χ0v) is 9.57. The van der Waals surface area contributed by atoms with E-state index in [4.69, 9.17) is 9.84 Å². The van der Waals surface area contributed by atoms with Crippen LogP contribution in [0, 0.1) is 6.92 Å². The molecular weight excluding hydrogens is 222 g/mol. The molecule has 0 aliphatic rings. The third-order valence-electron chi connectivity index (χ3n) is 1.42. The number of hydrogen-bond donors (Lipinski definition) is 1. The molecule has 0 atom stereocenters. The van der Waals surface area contributed by atoms with Crippen molar-refractivity contribution < 1.29 is 14.6 Å². The number of aromatic nitrogens is 1. The molecule has 1 rings (SSSR count). The van der Waals surface area contributed by atoms with Gasteiger partial charge in [-0.15, -0.1) is 23.1 Å². The number of aryl methyl sites for hydroxylation is 1. The Morgan fingerprint density at radius 1 is 1.71 bits per heavy atom. The zero-order chi connectivity index (χ0) is 10.6. The molecule has 14 heavy (non-hydrogen) atoms. The third kappa shape index (κ3) is 2.97. The Morgan fingerprint density at radius 3 is 3.00 bits per heavy atom. The molecule has 0 unspecified atom stereocenters. The van der Waals surface area contributed by atoms with E-state index in [1.54, 1.807) is 14.0 Å². The first-order valence-electron chi connectivity index (χ1n) is 3.97. The van der Waals surface area contributed by atoms with Gasteiger partial charge in [0.2, 0.25) is 0 Å². The van der Waals surface area contributed by atoms with Crippen LogP contribution in [0.3, 0.4) is 0 Å². The molecule has 6 heteroatoms. The van der Waals surface area contributed by atoms with Crippen LogP contribution in [0.15, 0.2) is 5.03 Å². The van der Waals surface area contributed by atoms with Gasteiger partial charge in [-0.05, 0) is 6.92 Å². The summed E-state index contributed by atoms with van der Waals surface area (Å²) in [5, 5.41) is 10.2. The number of carboxylic acids is 1. The number of hydrogen-bond acceptors (Lipinski definition) is 5. The van der Waals surface area contributed by atoms with Crippen molar-refractivity contribution in [3.8, 4) is 0 Å². The van der Waals surface area contributed by atoms with Crippen molar-refractivity contribution in [3.63, 3.8) is 0 Å². The fraction of sp³-hybridized carbons (Fsp3) is 0.500. The molecule has 0 bridgehead atoms. The van der Waals surface area contributed by atoms with Crippen LogP contribution in [0.25, 0.3) is 0 Å². The van der Waals surface area contributed by atoms with Crippen LogP contribution >= 0.6 is 23.1 Å². The lowest BCUT2D eigenvalue weighted by molar-refractivity contribution is 0.0698. The van der Waals surface area contributed by atoms with Crippen molar-refractivity contribution in [1.29, 1.82) is 0 Å². The van der Waals surface area contributed by atoms with Gasteiger partial charge in [0.1, 0.15) is 9.90 Å². The first-order valence-corrected chi connectivity index (χ1v) is 5.78. The maximum Gasteiger partial charge on any atom is 0.348 e. The van der Waals surface area contributed by atoms with Gasteiger partial charge in [-0.25, -0.2) is 9.78 Å². The third-order valence-corrected chi connectivity index (χ3v) is 3.45. The van der Waals surface area contributed by atoms with E-state index >= 15 is 0 Å². The van der Waals surface area contributed by atoms with Crippen molar-refractivity contribution in [2.45, 2.75) is 11.9 Å². The number of thioether (sulfide) groups is 1. The Hall–Kier alpha value is -0.590. The molecule has 0 aliphatic heterocycles. The fourth-order valence-corrected chi connectivity index (χ4v) is 2.74. The lowest BCUT2D eigenvalue weighted by Gasteiger charge is -1.97. The second-order valence-corrected chi connectivity index (χ2v) is 4.80. The number of carbonyl (C=O) groups is 1. The number of nitrogens with zero attached hydrogens (tertiary/aromatic N) is 1. The molecule has 0 aliphatic carbocycles. The molecular formula is C8H11NO3S2. The highest BCUT2D eigenvalue weighted by atomic mass is 32.2. The summed E-state index contributed by atoms with van der Waals surface area (Å²) in [5.41, 5.74) is 0. The zero-order valence-electron chi connectivity index (χ0n) is 7.94. The largest absolute Gasteiger partial charge is 0.477 e. The number of rotatable bonds is 5. The molecule has 0 aromatic carbocycles. The second-order valence-electron chi connectivity index (χ2n) is 2.51. The van der Waals surface area contributed by atoms with Crippen LogP contribution < -0.4 is 0 Å². The van der Waals surface area contributed by atoms with Gasteiger partial charge in [0.05, 0.1) is 11.6 Å². The van der Waals surface area contributed by atoms with Gasteiger partial charge in [-0.2, -0.15) is 0 Å². The molecule has 1 aromatic rings. The maximum absolute atomic E-state index is 10.8. The van der Waals surface area contributed by atoms with E-state index in [2.05, 4.69) is 4.98 Å². The average molecular weight is 233 g/mol. The minimum atomic E-state index is -0.907. The number of methoxy groups -OCH3 is 1. The van der Waals surface area contributed by atoms with Crippen LogP contribution in [0.2, 0.25) is 0 Å². The number of ether oxygens (including phenoxy) is 1. The first-order chi connectivity index (χ1) is 6.65. The normalized spacial score (nSPS) is 10.4. The van der Waals surface area contributed by atoms with E-state index in [0.29, 0.717) is 16.5 Å². The summed E-state index contributed by atoms with van der Waals surface area (Å²) >= 11 is 2.62. The van der Waals surface area contributed by atoms with Gasteiger partial charge in [0.15, 0.2) is 0 Å². The summed E-state index contributed by atoms with van der Waals surface area (Å²) in [6.07, 6.45) is 0. The lowest BCUT2D eigenvalue weighted by Crippen LogP contribution is -1.97. The summed E-state index contributed by atoms with van der Waals surface area (Å²) in [7, 11) is 1.62. The first kappa shape index (κ1) is 11.5. The van der Waals surface area contributed by atoms with E-state index in [1.807, 2.05) is 0 Å². The predicted octanol–water partition coefficient (Wildman–Crippen LogP) is 1.89. The Labute approximate surface area is 90.3 Å². The van der Waals surface area contributed by atoms with Crippen molar-refractivity contribution in [2.24, 2.45) is 0 Å². The van der Waals surface area contributed by atoms with E-state index in [0.717, 1.165) is 10.8 Å². The number of carboxylic acid groups (broad SMARTS) is 1. The Balaban J connectivity index is 2.69. The van der Waals surface area contributed by atoms with Crippen molar-refractivity contribution in [1.82, 2.24) is 4.98 Å². The molecule has 1 aromatic heterocycles. The minimum Gasteiger partial charge on any atom is -0.477 e. The Kier molecular flexibility index (Phi) is 4.37. The predicted molar refractivity (Wildman–Crippen MR) is 56.4 cm³/mol. The quantitative estimate of drug-likeness (QED) is 0.621. The highest BCUT2D eigenvalue weighted by Crippen LogP contribution is 2.26. The minimum absolute atomic E-state index is 0.323. The summed E-state index contributed by atoms with van der Waals surface area (Å²) < 4.78 is 4.88. The van der Waals surface area contributed by atoms with Gasteiger partial charge in [0, 0.05) is 12.9 Å². The van der Waals surface area contributed by atoms with Crippen LogP contribution in [-0.2, 0) is 4.74 Å². The number of thiazole rings is 1. The summed E-state index contributed by atoms with van der Waals surface area (Å²) in [4.78, 5) is 15.3. The molecule has 0 saturated heterocycles. The monoisotopic (exact) mass is 233 g/mol. The van der Waals surface area contributed by atoms with Crippen LogP contribution in [-0.4, -0.2) is 35.5 Å². The van der Waals surface area contributed by atoms with Crippen LogP contribution in [0.1, 0.15) is 14.7 Å². The van der Waals surface area contributed by atoms with E-state index in [9.17, 15) is 4.79 Å². The van der Waals surface area contributed by atoms with E-state index in [1.165, 1.54) is 23.1 Å². The highest BCUT2D eigenvalue weighted by molar-refractivity contribution is 7.99. The van der Waals surface area contributed by atoms with Gasteiger partial charge in [-0.3, -0.25) is 0 Å². The number of aromatic carboxylic acids is 1. The molecule has 0 amide bonds. The average Bonchev–Trinajstić information content (AvgIpc) is 2.47. The van der Waals surface area contributed by atoms with Crippen LogP contribution in [0.4, 0.5) is 0 Å². The summed E-state index contributed by atoms with van der Waals surface area (Å²) in [5.74, 6) is -0.185. The summed E-state index contributed by atoms with van der Waals surface area (Å²) in [6, 6.07) is 0. The molecule has 0 saturated carbocycles. The molecule has 0 fully saturated rings. The van der Waals surface area contributed by atoms with E-state index in [-0.39, 0.29) is 0 Å². The Morgan fingerprint density at radius 2 is 2.43 bits per heavy atom. The topological polar surface area (TPSA) is 59.4 Å². The van der Waals surface area contributed by atoms with Gasteiger partial charge >= 0.3 is 5.97 Å². The fourth-order valence-electron chi connectivity index (χ4n) is 0.863. The molecule has 0 spiro atoms. The molecule has 4 nitrogen and oxygen atoms in total. The molecule has 0 radical (unpaired) electrons. The second kappa shape index (κ2) is 5.33. The lowest BCUT2D eigenvalue weighted by atomic mass is 10.6. The highest BCUT2D eigenvalue weighted by Gasteiger charge is 2.15. The SMILES string of the molecule is COCCSc1nc(C)sc1C(=O)O. The molecule has 1 N–H and O–H groups in total. The smallest absolute Gasteiger partial charge is 0.348 e. The van der Waals surface area contributed by atoms with Crippen molar-refractivity contribution in [3.05, 3.63) is 9.88 Å². The van der Waals surface area contributed by atoms with Crippen molar-refractivity contribution in [2.75, 3.05) is 19.5 Å². The van der Waals surface area contributed by atoms with Gasteiger partial charge in [0.25, 0.3) is 0 Å². The van der Waals surface area contributed by atoms with Gasteiger partial charge < -0.3 is 9.84 Å². The van der Waals surface area contributed by atoms with E-state index < -0.39 is 5.97 Å². The summed E-state index contributed by atoms with van der Waals surface area (Å²) in [6.45, 7) is 2.40. The standard InChI is InChI=1S/C8H11NO3S2/c1-5-9-7(13-4-3-12-2)6(14-5)8(10)11/h3-4H2,1-2H3,(H,10,11). The van der Waals surface area contributed by atoms with Gasteiger partial charge in [-0.1, -0.05) is 0 Å². The van der Waals surface area contributed by atoms with Crippen molar-refractivity contribution >= 4 is 29.1 Å². The Bertz CT molecular complexity index is 324. The van der Waals surface area contributed by atoms with Crippen LogP contribution in [0.5, 0.6) is 0 Å².